The van der Waals surface area contributed by atoms with Crippen molar-refractivity contribution in [3.63, 3.8) is 0 Å². The number of rotatable bonds is 2. The number of nitrogens with one attached hydrogen (secondary N) is 1. The Balaban J connectivity index is 1.64. The molecule has 0 saturated carbocycles. The largest absolute Gasteiger partial charge is 0.370 e. The maximum Gasteiger partial charge on any atom is 0.253 e. The first-order chi connectivity index (χ1) is 9.84. The lowest BCUT2D eigenvalue weighted by molar-refractivity contribution is -0.152. The molecular formula is C15H20N2O3. The van der Waals surface area contributed by atoms with E-state index in [-0.39, 0.29) is 18.1 Å². The molecule has 0 bridgehead atoms. The predicted octanol–water partition coefficient (Wildman–Crippen LogP) is 0.575. The third-order valence-electron chi connectivity index (χ3n) is 3.75. The third-order valence-corrected chi connectivity index (χ3v) is 3.75. The number of hydrogen-bond acceptors (Lipinski definition) is 4. The Morgan fingerprint density at radius 2 is 2.05 bits per heavy atom. The van der Waals surface area contributed by atoms with Crippen LogP contribution >= 0.6 is 0 Å². The van der Waals surface area contributed by atoms with Gasteiger partial charge in [0.15, 0.2) is 0 Å². The number of amides is 1. The average molecular weight is 276 g/mol. The summed E-state index contributed by atoms with van der Waals surface area (Å²) in [7, 11) is 0. The molecule has 108 valence electrons. The van der Waals surface area contributed by atoms with Gasteiger partial charge in [0.2, 0.25) is 0 Å². The second-order valence-corrected chi connectivity index (χ2v) is 5.12. The van der Waals surface area contributed by atoms with Crippen molar-refractivity contribution in [2.75, 3.05) is 39.4 Å². The van der Waals surface area contributed by atoms with Crippen LogP contribution < -0.4 is 5.32 Å². The molecule has 0 radical (unpaired) electrons. The van der Waals surface area contributed by atoms with Crippen LogP contribution in [0.15, 0.2) is 30.3 Å². The van der Waals surface area contributed by atoms with Crippen LogP contribution in [0.4, 0.5) is 0 Å². The lowest BCUT2D eigenvalue weighted by Gasteiger charge is -2.36. The van der Waals surface area contributed by atoms with Crippen LogP contribution in [0.25, 0.3) is 0 Å². The minimum Gasteiger partial charge on any atom is -0.370 e. The molecule has 2 aliphatic heterocycles. The fraction of sp³-hybridized carbons (Fsp3) is 0.533. The number of morpholine rings is 2. The topological polar surface area (TPSA) is 50.8 Å². The first-order valence-electron chi connectivity index (χ1n) is 7.12. The van der Waals surface area contributed by atoms with E-state index in [1.54, 1.807) is 0 Å². The van der Waals surface area contributed by atoms with Gasteiger partial charge in [0, 0.05) is 19.6 Å². The van der Waals surface area contributed by atoms with E-state index in [2.05, 4.69) is 5.32 Å². The molecule has 5 nitrogen and oxygen atoms in total. The highest BCUT2D eigenvalue weighted by atomic mass is 16.5. The van der Waals surface area contributed by atoms with Gasteiger partial charge in [-0.3, -0.25) is 4.79 Å². The molecule has 3 rings (SSSR count). The second kappa shape index (κ2) is 6.35. The molecule has 2 saturated heterocycles. The van der Waals surface area contributed by atoms with Crippen molar-refractivity contribution >= 4 is 5.91 Å². The first-order valence-corrected chi connectivity index (χ1v) is 7.12. The van der Waals surface area contributed by atoms with Crippen molar-refractivity contribution in [3.05, 3.63) is 35.9 Å². The molecule has 1 aromatic carbocycles. The summed E-state index contributed by atoms with van der Waals surface area (Å²) in [5.74, 6) is 0.0708. The number of ether oxygens (including phenoxy) is 2. The molecule has 0 aliphatic carbocycles. The fourth-order valence-corrected chi connectivity index (χ4v) is 2.65. The molecule has 0 spiro atoms. The van der Waals surface area contributed by atoms with E-state index in [9.17, 15) is 4.79 Å². The number of benzene rings is 1. The van der Waals surface area contributed by atoms with Crippen LogP contribution in [0.3, 0.4) is 0 Å². The minimum absolute atomic E-state index is 0.0366. The SMILES string of the molecule is O=C(C1CNCCO1)N1CCOC(c2ccccc2)C1. The van der Waals surface area contributed by atoms with Gasteiger partial charge in [-0.15, -0.1) is 0 Å². The fourth-order valence-electron chi connectivity index (χ4n) is 2.65. The molecule has 20 heavy (non-hydrogen) atoms. The number of nitrogens with zero attached hydrogens (tertiary/aromatic N) is 1. The standard InChI is InChI=1S/C15H20N2O3/c18-15(13-10-16-6-8-19-13)17-7-9-20-14(11-17)12-4-2-1-3-5-12/h1-5,13-14,16H,6-11H2. The van der Waals surface area contributed by atoms with Crippen molar-refractivity contribution in [1.29, 1.82) is 0 Å². The van der Waals surface area contributed by atoms with E-state index in [1.807, 2.05) is 35.2 Å². The Morgan fingerprint density at radius 1 is 1.20 bits per heavy atom. The van der Waals surface area contributed by atoms with Crippen LogP contribution in [-0.2, 0) is 14.3 Å². The zero-order valence-electron chi connectivity index (χ0n) is 11.5. The summed E-state index contributed by atoms with van der Waals surface area (Å²) in [6, 6.07) is 10.0. The molecule has 2 heterocycles. The Hall–Kier alpha value is -1.43. The van der Waals surface area contributed by atoms with Crippen LogP contribution in [0.5, 0.6) is 0 Å². The van der Waals surface area contributed by atoms with Crippen LogP contribution in [0, 0.1) is 0 Å². The molecular weight excluding hydrogens is 256 g/mol. The van der Waals surface area contributed by atoms with Gasteiger partial charge in [-0.25, -0.2) is 0 Å². The number of carbonyl (C=O) groups excluding carboxylic acids is 1. The van der Waals surface area contributed by atoms with Gasteiger partial charge in [-0.05, 0) is 5.56 Å². The summed E-state index contributed by atoms with van der Waals surface area (Å²) >= 11 is 0. The summed E-state index contributed by atoms with van der Waals surface area (Å²) in [6.07, 6.45) is -0.385. The Morgan fingerprint density at radius 3 is 2.80 bits per heavy atom. The minimum atomic E-state index is -0.349. The predicted molar refractivity (Wildman–Crippen MR) is 74.3 cm³/mol. The van der Waals surface area contributed by atoms with Crippen molar-refractivity contribution < 1.29 is 14.3 Å². The maximum atomic E-state index is 12.4. The van der Waals surface area contributed by atoms with E-state index in [0.717, 1.165) is 12.1 Å². The van der Waals surface area contributed by atoms with Gasteiger partial charge >= 0.3 is 0 Å². The monoisotopic (exact) mass is 276 g/mol. The summed E-state index contributed by atoms with van der Waals surface area (Å²) in [5, 5.41) is 3.19. The van der Waals surface area contributed by atoms with E-state index >= 15 is 0 Å². The quantitative estimate of drug-likeness (QED) is 0.858. The van der Waals surface area contributed by atoms with Gasteiger partial charge in [0.25, 0.3) is 5.91 Å². The molecule has 1 N–H and O–H groups in total. The first kappa shape index (κ1) is 13.5. The molecule has 2 fully saturated rings. The Bertz CT molecular complexity index is 446. The third kappa shape index (κ3) is 3.00. The average Bonchev–Trinajstić information content (AvgIpc) is 2.56. The van der Waals surface area contributed by atoms with Crippen molar-refractivity contribution in [3.8, 4) is 0 Å². The van der Waals surface area contributed by atoms with Crippen molar-refractivity contribution in [2.45, 2.75) is 12.2 Å². The van der Waals surface area contributed by atoms with Gasteiger partial charge < -0.3 is 19.7 Å². The van der Waals surface area contributed by atoms with E-state index in [1.165, 1.54) is 0 Å². The van der Waals surface area contributed by atoms with E-state index in [0.29, 0.717) is 32.8 Å². The van der Waals surface area contributed by atoms with Crippen LogP contribution in [0.1, 0.15) is 11.7 Å². The van der Waals surface area contributed by atoms with E-state index in [4.69, 9.17) is 9.47 Å². The van der Waals surface area contributed by atoms with Gasteiger partial charge in [-0.2, -0.15) is 0 Å². The lowest BCUT2D eigenvalue weighted by atomic mass is 10.1. The molecule has 2 atom stereocenters. The number of carbonyl (C=O) groups is 1. The van der Waals surface area contributed by atoms with Crippen molar-refractivity contribution in [1.82, 2.24) is 10.2 Å². The second-order valence-electron chi connectivity index (χ2n) is 5.12. The molecule has 2 unspecified atom stereocenters. The highest BCUT2D eigenvalue weighted by Crippen LogP contribution is 2.22. The zero-order valence-corrected chi connectivity index (χ0v) is 11.5. The Kier molecular flexibility index (Phi) is 4.30. The molecule has 1 aromatic rings. The smallest absolute Gasteiger partial charge is 0.253 e. The summed E-state index contributed by atoms with van der Waals surface area (Å²) in [5.41, 5.74) is 1.12. The summed E-state index contributed by atoms with van der Waals surface area (Å²) < 4.78 is 11.3. The molecule has 1 amide bonds. The molecule has 2 aliphatic rings. The summed E-state index contributed by atoms with van der Waals surface area (Å²) in [6.45, 7) is 3.84. The zero-order chi connectivity index (χ0) is 13.8. The van der Waals surface area contributed by atoms with Gasteiger partial charge in [-0.1, -0.05) is 30.3 Å². The summed E-state index contributed by atoms with van der Waals surface area (Å²) in [4.78, 5) is 14.3. The van der Waals surface area contributed by atoms with Gasteiger partial charge in [0.05, 0.1) is 19.8 Å². The molecule has 5 heteroatoms. The van der Waals surface area contributed by atoms with Crippen LogP contribution in [0.2, 0.25) is 0 Å². The maximum absolute atomic E-state index is 12.4. The van der Waals surface area contributed by atoms with Crippen LogP contribution in [-0.4, -0.2) is 56.3 Å². The highest BCUT2D eigenvalue weighted by molar-refractivity contribution is 5.81. The number of hydrogen-bond donors (Lipinski definition) is 1. The van der Waals surface area contributed by atoms with Crippen molar-refractivity contribution in [2.24, 2.45) is 0 Å². The molecule has 0 aromatic heterocycles. The van der Waals surface area contributed by atoms with E-state index < -0.39 is 0 Å². The lowest BCUT2D eigenvalue weighted by Crippen LogP contribution is -2.52. The highest BCUT2D eigenvalue weighted by Gasteiger charge is 2.31. The normalized spacial score (nSPS) is 27.3. The van der Waals surface area contributed by atoms with Gasteiger partial charge in [0.1, 0.15) is 12.2 Å². The Labute approximate surface area is 118 Å².